The number of carbonyl (C=O) groups is 1. The van der Waals surface area contributed by atoms with Gasteiger partial charge in [-0.05, 0) is 32.5 Å². The number of amides is 1. The number of likely N-dealkylation sites (N-methyl/N-ethyl adjacent to an activating group) is 1. The molecule has 1 amide bonds. The molecule has 0 saturated carbocycles. The van der Waals surface area contributed by atoms with Crippen LogP contribution in [0.5, 0.6) is 5.75 Å². The minimum Gasteiger partial charge on any atom is -0.483 e. The van der Waals surface area contributed by atoms with Gasteiger partial charge >= 0.3 is 0 Å². The SMILES string of the molecule is Cc1ccc(N)c(C)c1OCC(=O)N1CCN(C)CC1. The molecule has 0 aliphatic carbocycles. The molecule has 5 heteroatoms. The average Bonchev–Trinajstić information content (AvgIpc) is 2.43. The van der Waals surface area contributed by atoms with Crippen LogP contribution in [0.3, 0.4) is 0 Å². The molecule has 110 valence electrons. The van der Waals surface area contributed by atoms with Crippen molar-refractivity contribution < 1.29 is 9.53 Å². The zero-order valence-corrected chi connectivity index (χ0v) is 12.5. The third kappa shape index (κ3) is 3.22. The van der Waals surface area contributed by atoms with Crippen LogP contribution in [0.4, 0.5) is 5.69 Å². The number of anilines is 1. The molecule has 1 aliphatic heterocycles. The Hall–Kier alpha value is -1.75. The second kappa shape index (κ2) is 6.13. The van der Waals surface area contributed by atoms with Crippen molar-refractivity contribution in [1.29, 1.82) is 0 Å². The highest BCUT2D eigenvalue weighted by molar-refractivity contribution is 5.78. The van der Waals surface area contributed by atoms with E-state index in [0.29, 0.717) is 5.69 Å². The Morgan fingerprint density at radius 3 is 2.55 bits per heavy atom. The Balaban J connectivity index is 1.95. The summed E-state index contributed by atoms with van der Waals surface area (Å²) in [6, 6.07) is 3.78. The Bertz CT molecular complexity index is 494. The third-order valence-corrected chi connectivity index (χ3v) is 3.84. The lowest BCUT2D eigenvalue weighted by Crippen LogP contribution is -2.48. The molecule has 1 aliphatic rings. The van der Waals surface area contributed by atoms with E-state index in [4.69, 9.17) is 10.5 Å². The van der Waals surface area contributed by atoms with Gasteiger partial charge in [0.15, 0.2) is 6.61 Å². The Kier molecular flexibility index (Phi) is 4.49. The standard InChI is InChI=1S/C15H23N3O2/c1-11-4-5-13(16)12(2)15(11)20-10-14(19)18-8-6-17(3)7-9-18/h4-5H,6-10,16H2,1-3H3. The maximum atomic E-state index is 12.1. The monoisotopic (exact) mass is 277 g/mol. The van der Waals surface area contributed by atoms with Crippen molar-refractivity contribution in [3.63, 3.8) is 0 Å². The lowest BCUT2D eigenvalue weighted by Gasteiger charge is -2.32. The van der Waals surface area contributed by atoms with Gasteiger partial charge in [-0.1, -0.05) is 6.07 Å². The molecule has 0 unspecified atom stereocenters. The number of nitrogen functional groups attached to an aromatic ring is 1. The van der Waals surface area contributed by atoms with Crippen LogP contribution in [0, 0.1) is 13.8 Å². The molecule has 1 saturated heterocycles. The fourth-order valence-corrected chi connectivity index (χ4v) is 2.35. The van der Waals surface area contributed by atoms with Gasteiger partial charge in [0, 0.05) is 37.4 Å². The van der Waals surface area contributed by atoms with Crippen LogP contribution in [0.1, 0.15) is 11.1 Å². The first-order chi connectivity index (χ1) is 9.49. The zero-order chi connectivity index (χ0) is 14.7. The summed E-state index contributed by atoms with van der Waals surface area (Å²) in [7, 11) is 2.07. The number of aryl methyl sites for hydroxylation is 1. The predicted molar refractivity (Wildman–Crippen MR) is 79.9 cm³/mol. The molecular formula is C15H23N3O2. The van der Waals surface area contributed by atoms with Crippen molar-refractivity contribution in [1.82, 2.24) is 9.80 Å². The topological polar surface area (TPSA) is 58.8 Å². The van der Waals surface area contributed by atoms with Gasteiger partial charge in [-0.2, -0.15) is 0 Å². The Morgan fingerprint density at radius 1 is 1.25 bits per heavy atom. The van der Waals surface area contributed by atoms with Crippen LogP contribution < -0.4 is 10.5 Å². The molecule has 0 bridgehead atoms. The molecule has 0 aromatic heterocycles. The van der Waals surface area contributed by atoms with E-state index < -0.39 is 0 Å². The fraction of sp³-hybridized carbons (Fsp3) is 0.533. The van der Waals surface area contributed by atoms with Gasteiger partial charge in [0.1, 0.15) is 5.75 Å². The molecule has 1 aromatic rings. The van der Waals surface area contributed by atoms with Crippen LogP contribution in [0.2, 0.25) is 0 Å². The van der Waals surface area contributed by atoms with Gasteiger partial charge in [0.05, 0.1) is 0 Å². The van der Waals surface area contributed by atoms with Gasteiger partial charge in [0.2, 0.25) is 0 Å². The zero-order valence-electron chi connectivity index (χ0n) is 12.5. The van der Waals surface area contributed by atoms with Crippen molar-refractivity contribution in [2.45, 2.75) is 13.8 Å². The first-order valence-electron chi connectivity index (χ1n) is 6.94. The second-order valence-electron chi connectivity index (χ2n) is 5.40. The van der Waals surface area contributed by atoms with E-state index in [1.807, 2.05) is 30.9 Å². The molecule has 5 nitrogen and oxygen atoms in total. The summed E-state index contributed by atoms with van der Waals surface area (Å²) in [6.45, 7) is 7.33. The first-order valence-corrected chi connectivity index (χ1v) is 6.94. The van der Waals surface area contributed by atoms with E-state index in [1.54, 1.807) is 0 Å². The van der Waals surface area contributed by atoms with Crippen molar-refractivity contribution >= 4 is 11.6 Å². The Labute approximate surface area is 120 Å². The molecule has 20 heavy (non-hydrogen) atoms. The van der Waals surface area contributed by atoms with E-state index in [1.165, 1.54) is 0 Å². The number of hydrogen-bond donors (Lipinski definition) is 1. The number of piperazine rings is 1. The van der Waals surface area contributed by atoms with Gasteiger partial charge in [-0.25, -0.2) is 0 Å². The molecule has 2 rings (SSSR count). The van der Waals surface area contributed by atoms with Crippen molar-refractivity contribution in [2.75, 3.05) is 45.6 Å². The van der Waals surface area contributed by atoms with E-state index in [9.17, 15) is 4.79 Å². The van der Waals surface area contributed by atoms with Crippen LogP contribution in [-0.4, -0.2) is 55.5 Å². The van der Waals surface area contributed by atoms with Crippen LogP contribution in [0.25, 0.3) is 0 Å². The normalized spacial score (nSPS) is 16.2. The number of carbonyl (C=O) groups excluding carboxylic acids is 1. The summed E-state index contributed by atoms with van der Waals surface area (Å²) >= 11 is 0. The molecule has 1 fully saturated rings. The van der Waals surface area contributed by atoms with Crippen molar-refractivity contribution in [2.24, 2.45) is 0 Å². The van der Waals surface area contributed by atoms with Crippen molar-refractivity contribution in [3.8, 4) is 5.75 Å². The lowest BCUT2D eigenvalue weighted by molar-refractivity contribution is -0.134. The molecular weight excluding hydrogens is 254 g/mol. The summed E-state index contributed by atoms with van der Waals surface area (Å²) in [6.07, 6.45) is 0. The Morgan fingerprint density at radius 2 is 1.90 bits per heavy atom. The molecule has 0 atom stereocenters. The average molecular weight is 277 g/mol. The number of hydrogen-bond acceptors (Lipinski definition) is 4. The van der Waals surface area contributed by atoms with E-state index >= 15 is 0 Å². The summed E-state index contributed by atoms with van der Waals surface area (Å²) in [5.41, 5.74) is 8.47. The molecule has 1 heterocycles. The highest BCUT2D eigenvalue weighted by atomic mass is 16.5. The summed E-state index contributed by atoms with van der Waals surface area (Å²) in [5, 5.41) is 0. The highest BCUT2D eigenvalue weighted by Gasteiger charge is 2.19. The number of nitrogens with zero attached hydrogens (tertiary/aromatic N) is 2. The predicted octanol–water partition coefficient (Wildman–Crippen LogP) is 1.04. The minimum atomic E-state index is 0.0410. The number of ether oxygens (including phenoxy) is 1. The maximum Gasteiger partial charge on any atom is 0.260 e. The largest absolute Gasteiger partial charge is 0.483 e. The summed E-state index contributed by atoms with van der Waals surface area (Å²) < 4.78 is 5.71. The quantitative estimate of drug-likeness (QED) is 0.839. The summed E-state index contributed by atoms with van der Waals surface area (Å²) in [5.74, 6) is 0.770. The molecule has 0 spiro atoms. The van der Waals surface area contributed by atoms with Crippen LogP contribution in [-0.2, 0) is 4.79 Å². The van der Waals surface area contributed by atoms with Gasteiger partial charge in [-0.3, -0.25) is 4.79 Å². The third-order valence-electron chi connectivity index (χ3n) is 3.84. The number of benzene rings is 1. The molecule has 1 aromatic carbocycles. The van der Waals surface area contributed by atoms with Gasteiger partial charge in [-0.15, -0.1) is 0 Å². The molecule has 0 radical (unpaired) electrons. The minimum absolute atomic E-state index is 0.0410. The number of nitrogens with two attached hydrogens (primary N) is 1. The fourth-order valence-electron chi connectivity index (χ4n) is 2.35. The van der Waals surface area contributed by atoms with Gasteiger partial charge in [0.25, 0.3) is 5.91 Å². The highest BCUT2D eigenvalue weighted by Crippen LogP contribution is 2.27. The van der Waals surface area contributed by atoms with Crippen LogP contribution >= 0.6 is 0 Å². The summed E-state index contributed by atoms with van der Waals surface area (Å²) in [4.78, 5) is 16.2. The van der Waals surface area contributed by atoms with Gasteiger partial charge < -0.3 is 20.3 Å². The smallest absolute Gasteiger partial charge is 0.260 e. The molecule has 2 N–H and O–H groups in total. The first kappa shape index (κ1) is 14.7. The van der Waals surface area contributed by atoms with E-state index in [2.05, 4.69) is 11.9 Å². The van der Waals surface area contributed by atoms with Crippen molar-refractivity contribution in [3.05, 3.63) is 23.3 Å². The van der Waals surface area contributed by atoms with E-state index in [0.717, 1.165) is 43.1 Å². The maximum absolute atomic E-state index is 12.1. The number of rotatable bonds is 3. The lowest BCUT2D eigenvalue weighted by atomic mass is 10.1. The second-order valence-corrected chi connectivity index (χ2v) is 5.40. The van der Waals surface area contributed by atoms with Crippen LogP contribution in [0.15, 0.2) is 12.1 Å². The van der Waals surface area contributed by atoms with E-state index in [-0.39, 0.29) is 12.5 Å².